The summed E-state index contributed by atoms with van der Waals surface area (Å²) in [5.41, 5.74) is 3.03. The SMILES string of the molecule is CN1CCc2cccc(CS(=O)(=O)Cl)c21. The highest BCUT2D eigenvalue weighted by Crippen LogP contribution is 2.32. The van der Waals surface area contributed by atoms with Crippen molar-refractivity contribution in [3.05, 3.63) is 29.3 Å². The summed E-state index contributed by atoms with van der Waals surface area (Å²) in [7, 11) is 3.76. The molecule has 1 aromatic rings. The lowest BCUT2D eigenvalue weighted by atomic mass is 10.1. The van der Waals surface area contributed by atoms with Gasteiger partial charge < -0.3 is 4.90 Å². The fourth-order valence-electron chi connectivity index (χ4n) is 2.04. The van der Waals surface area contributed by atoms with E-state index in [9.17, 15) is 8.42 Å². The van der Waals surface area contributed by atoms with Crippen LogP contribution in [0, 0.1) is 0 Å². The first-order valence-corrected chi connectivity index (χ1v) is 7.19. The number of para-hydroxylation sites is 1. The molecular weight excluding hydrogens is 234 g/mol. The van der Waals surface area contributed by atoms with Gasteiger partial charge in [-0.25, -0.2) is 8.42 Å². The fraction of sp³-hybridized carbons (Fsp3) is 0.400. The highest BCUT2D eigenvalue weighted by Gasteiger charge is 2.21. The van der Waals surface area contributed by atoms with Crippen molar-refractivity contribution >= 4 is 25.4 Å². The molecule has 1 aromatic carbocycles. The number of halogens is 1. The van der Waals surface area contributed by atoms with Crippen molar-refractivity contribution in [2.24, 2.45) is 0 Å². The molecular formula is C10H12ClNO2S. The highest BCUT2D eigenvalue weighted by atomic mass is 35.7. The molecule has 1 heterocycles. The molecule has 1 aliphatic rings. The maximum absolute atomic E-state index is 11.1. The lowest BCUT2D eigenvalue weighted by Gasteiger charge is -2.15. The Bertz CT molecular complexity index is 484. The van der Waals surface area contributed by atoms with Crippen LogP contribution in [-0.2, 0) is 21.2 Å². The molecule has 0 spiro atoms. The molecule has 0 unspecified atom stereocenters. The first-order valence-electron chi connectivity index (χ1n) is 4.71. The van der Waals surface area contributed by atoms with Crippen molar-refractivity contribution in [1.29, 1.82) is 0 Å². The summed E-state index contributed by atoms with van der Waals surface area (Å²) >= 11 is 0. The Morgan fingerprint density at radius 3 is 2.87 bits per heavy atom. The minimum Gasteiger partial charge on any atom is -0.374 e. The van der Waals surface area contributed by atoms with Gasteiger partial charge in [0.25, 0.3) is 0 Å². The molecule has 0 saturated carbocycles. The zero-order valence-corrected chi connectivity index (χ0v) is 9.98. The Kier molecular flexibility index (Phi) is 2.64. The van der Waals surface area contributed by atoms with E-state index in [1.807, 2.05) is 25.2 Å². The Morgan fingerprint density at radius 2 is 2.20 bits per heavy atom. The molecule has 3 nitrogen and oxygen atoms in total. The summed E-state index contributed by atoms with van der Waals surface area (Å²) < 4.78 is 22.1. The summed E-state index contributed by atoms with van der Waals surface area (Å²) in [6.45, 7) is 0.939. The molecule has 0 amide bonds. The van der Waals surface area contributed by atoms with Gasteiger partial charge in [-0.3, -0.25) is 0 Å². The standard InChI is InChI=1S/C10H12ClNO2S/c1-12-6-5-8-3-2-4-9(10(8)12)7-15(11,13)14/h2-4H,5-7H2,1H3. The summed E-state index contributed by atoms with van der Waals surface area (Å²) in [4.78, 5) is 2.08. The number of anilines is 1. The van der Waals surface area contributed by atoms with Crippen LogP contribution in [0.2, 0.25) is 0 Å². The molecule has 0 atom stereocenters. The smallest absolute Gasteiger partial charge is 0.236 e. The molecule has 2 rings (SSSR count). The van der Waals surface area contributed by atoms with Crippen LogP contribution >= 0.6 is 10.7 Å². The van der Waals surface area contributed by atoms with Gasteiger partial charge in [0.05, 0.1) is 5.75 Å². The van der Waals surface area contributed by atoms with E-state index < -0.39 is 9.05 Å². The van der Waals surface area contributed by atoms with Crippen molar-refractivity contribution in [3.63, 3.8) is 0 Å². The molecule has 0 fully saturated rings. The van der Waals surface area contributed by atoms with Crippen molar-refractivity contribution in [3.8, 4) is 0 Å². The second-order valence-electron chi connectivity index (χ2n) is 3.78. The topological polar surface area (TPSA) is 37.4 Å². The predicted molar refractivity (Wildman–Crippen MR) is 61.9 cm³/mol. The number of likely N-dealkylation sites (N-methyl/N-ethyl adjacent to an activating group) is 1. The van der Waals surface area contributed by atoms with Crippen LogP contribution in [-0.4, -0.2) is 22.0 Å². The van der Waals surface area contributed by atoms with Gasteiger partial charge in [-0.15, -0.1) is 0 Å². The zero-order chi connectivity index (χ0) is 11.1. The molecule has 0 aliphatic carbocycles. The number of fused-ring (bicyclic) bond motifs is 1. The minimum absolute atomic E-state index is 0.0952. The lowest BCUT2D eigenvalue weighted by Crippen LogP contribution is -2.14. The largest absolute Gasteiger partial charge is 0.374 e. The number of benzene rings is 1. The molecule has 0 radical (unpaired) electrons. The summed E-state index contributed by atoms with van der Waals surface area (Å²) in [5, 5.41) is 0. The van der Waals surface area contributed by atoms with Crippen LogP contribution in [0.1, 0.15) is 11.1 Å². The first kappa shape index (κ1) is 10.8. The van der Waals surface area contributed by atoms with E-state index in [-0.39, 0.29) is 5.75 Å². The summed E-state index contributed by atoms with van der Waals surface area (Å²) in [6.07, 6.45) is 0.974. The molecule has 0 saturated heterocycles. The maximum Gasteiger partial charge on any atom is 0.236 e. The summed E-state index contributed by atoms with van der Waals surface area (Å²) in [5.74, 6) is -0.0952. The average Bonchev–Trinajstić information content (AvgIpc) is 2.46. The maximum atomic E-state index is 11.1. The van der Waals surface area contributed by atoms with Crippen molar-refractivity contribution in [1.82, 2.24) is 0 Å². The number of hydrogen-bond donors (Lipinski definition) is 0. The van der Waals surface area contributed by atoms with E-state index in [2.05, 4.69) is 4.90 Å². The van der Waals surface area contributed by atoms with E-state index in [4.69, 9.17) is 10.7 Å². The average molecular weight is 246 g/mol. The van der Waals surface area contributed by atoms with Gasteiger partial charge in [-0.1, -0.05) is 18.2 Å². The third kappa shape index (κ3) is 2.26. The molecule has 0 bridgehead atoms. The fourth-order valence-corrected chi connectivity index (χ4v) is 3.00. The molecule has 0 aromatic heterocycles. The van der Waals surface area contributed by atoms with Gasteiger partial charge in [0.15, 0.2) is 0 Å². The van der Waals surface area contributed by atoms with Gasteiger partial charge in [-0.05, 0) is 17.5 Å². The van der Waals surface area contributed by atoms with E-state index in [1.165, 1.54) is 5.56 Å². The van der Waals surface area contributed by atoms with Crippen LogP contribution in [0.3, 0.4) is 0 Å². The van der Waals surface area contributed by atoms with Gasteiger partial charge in [0, 0.05) is 30.0 Å². The number of rotatable bonds is 2. The Balaban J connectivity index is 2.46. The normalized spacial score (nSPS) is 15.5. The number of hydrogen-bond acceptors (Lipinski definition) is 3. The third-order valence-electron chi connectivity index (χ3n) is 2.63. The Morgan fingerprint density at radius 1 is 1.47 bits per heavy atom. The summed E-state index contributed by atoms with van der Waals surface area (Å²) in [6, 6.07) is 5.74. The van der Waals surface area contributed by atoms with Gasteiger partial charge in [-0.2, -0.15) is 0 Å². The highest BCUT2D eigenvalue weighted by molar-refractivity contribution is 8.13. The quantitative estimate of drug-likeness (QED) is 0.745. The van der Waals surface area contributed by atoms with Crippen LogP contribution < -0.4 is 4.90 Å². The first-order chi connectivity index (χ1) is 6.97. The second-order valence-corrected chi connectivity index (χ2v) is 6.56. The minimum atomic E-state index is -3.48. The Labute approximate surface area is 94.1 Å². The van der Waals surface area contributed by atoms with Crippen LogP contribution in [0.4, 0.5) is 5.69 Å². The van der Waals surface area contributed by atoms with E-state index in [0.717, 1.165) is 24.2 Å². The van der Waals surface area contributed by atoms with Crippen molar-refractivity contribution in [2.75, 3.05) is 18.5 Å². The van der Waals surface area contributed by atoms with Gasteiger partial charge in [0.1, 0.15) is 0 Å². The van der Waals surface area contributed by atoms with Gasteiger partial charge >= 0.3 is 0 Å². The lowest BCUT2D eigenvalue weighted by molar-refractivity contribution is 0.609. The van der Waals surface area contributed by atoms with Crippen LogP contribution in [0.25, 0.3) is 0 Å². The molecule has 1 aliphatic heterocycles. The molecule has 0 N–H and O–H groups in total. The monoisotopic (exact) mass is 245 g/mol. The van der Waals surface area contributed by atoms with E-state index in [1.54, 1.807) is 0 Å². The van der Waals surface area contributed by atoms with Crippen LogP contribution in [0.15, 0.2) is 18.2 Å². The van der Waals surface area contributed by atoms with E-state index >= 15 is 0 Å². The van der Waals surface area contributed by atoms with E-state index in [0.29, 0.717) is 0 Å². The second kappa shape index (κ2) is 3.68. The third-order valence-corrected chi connectivity index (χ3v) is 3.61. The Hall–Kier alpha value is -0.740. The number of nitrogens with zero attached hydrogens (tertiary/aromatic N) is 1. The predicted octanol–water partition coefficient (Wildman–Crippen LogP) is 1.75. The van der Waals surface area contributed by atoms with Crippen molar-refractivity contribution in [2.45, 2.75) is 12.2 Å². The molecule has 82 valence electrons. The van der Waals surface area contributed by atoms with Gasteiger partial charge in [0.2, 0.25) is 9.05 Å². The molecule has 5 heteroatoms. The van der Waals surface area contributed by atoms with Crippen molar-refractivity contribution < 1.29 is 8.42 Å². The van der Waals surface area contributed by atoms with Crippen LogP contribution in [0.5, 0.6) is 0 Å². The zero-order valence-electron chi connectivity index (χ0n) is 8.40. The molecule has 15 heavy (non-hydrogen) atoms.